The Morgan fingerprint density at radius 2 is 1.19 bits per heavy atom. The van der Waals surface area contributed by atoms with E-state index in [-0.39, 0.29) is 0 Å². The highest BCUT2D eigenvalue weighted by atomic mass is 16.3. The Labute approximate surface area is 330 Å². The standard InChI is InChI=1S/C53H36N2O2/c1-2-3-21-47-46(52-44(20-12-23-49(52)56-47)43-19-11-22-48-51(43)45-31-41-17-9-10-18-42(41)32-50(45)57-48)34-55-53(39-28-26-38(27-29-39)36-13-5-4-6-14-36)54-33-35-24-25-37-15-7-8-16-40(37)30-35/h2-32,34H,1,33H2/b21-3-,54-53?,55-34?. The first-order valence-electron chi connectivity index (χ1n) is 19.1. The van der Waals surface area contributed by atoms with Gasteiger partial charge in [0, 0.05) is 33.5 Å². The summed E-state index contributed by atoms with van der Waals surface area (Å²) >= 11 is 0. The molecule has 10 aromatic rings. The Bertz CT molecular complexity index is 3220. The van der Waals surface area contributed by atoms with E-state index in [9.17, 15) is 0 Å². The largest absolute Gasteiger partial charge is 0.456 e. The Hall–Kier alpha value is -7.56. The van der Waals surface area contributed by atoms with Crippen molar-refractivity contribution in [1.82, 2.24) is 0 Å². The summed E-state index contributed by atoms with van der Waals surface area (Å²) in [5, 5.41) is 7.80. The van der Waals surface area contributed by atoms with E-state index in [1.807, 2.05) is 42.6 Å². The van der Waals surface area contributed by atoms with Crippen LogP contribution in [0, 0.1) is 0 Å². The van der Waals surface area contributed by atoms with E-state index >= 15 is 0 Å². The van der Waals surface area contributed by atoms with Crippen molar-refractivity contribution >= 4 is 72.6 Å². The van der Waals surface area contributed by atoms with Crippen molar-refractivity contribution in [2.45, 2.75) is 6.54 Å². The maximum Gasteiger partial charge on any atom is 0.154 e. The van der Waals surface area contributed by atoms with Gasteiger partial charge in [-0.1, -0.05) is 158 Å². The van der Waals surface area contributed by atoms with E-state index in [2.05, 4.69) is 152 Å². The van der Waals surface area contributed by atoms with Crippen LogP contribution in [0.3, 0.4) is 0 Å². The van der Waals surface area contributed by atoms with Gasteiger partial charge in [0.05, 0.1) is 6.54 Å². The molecule has 4 heteroatoms. The minimum atomic E-state index is 0.475. The van der Waals surface area contributed by atoms with Gasteiger partial charge in [-0.3, -0.25) is 4.99 Å². The van der Waals surface area contributed by atoms with Crippen molar-refractivity contribution < 1.29 is 8.83 Å². The van der Waals surface area contributed by atoms with Gasteiger partial charge in [-0.05, 0) is 85.8 Å². The fourth-order valence-corrected chi connectivity index (χ4v) is 7.84. The summed E-state index contributed by atoms with van der Waals surface area (Å²) in [5.74, 6) is 1.31. The van der Waals surface area contributed by atoms with Crippen LogP contribution in [0.1, 0.15) is 22.5 Å². The van der Waals surface area contributed by atoms with Gasteiger partial charge in [-0.2, -0.15) is 0 Å². The molecular formula is C53H36N2O2. The summed E-state index contributed by atoms with van der Waals surface area (Å²) in [7, 11) is 0. The molecule has 4 nitrogen and oxygen atoms in total. The molecule has 0 saturated heterocycles. The molecule has 0 bridgehead atoms. The molecular weight excluding hydrogens is 697 g/mol. The molecule has 57 heavy (non-hydrogen) atoms. The zero-order valence-corrected chi connectivity index (χ0v) is 31.1. The first kappa shape index (κ1) is 34.0. The van der Waals surface area contributed by atoms with Crippen LogP contribution in [0.2, 0.25) is 0 Å². The molecule has 0 unspecified atom stereocenters. The molecule has 8 aromatic carbocycles. The van der Waals surface area contributed by atoms with Crippen LogP contribution >= 0.6 is 0 Å². The smallest absolute Gasteiger partial charge is 0.154 e. The molecule has 2 heterocycles. The highest BCUT2D eigenvalue weighted by Gasteiger charge is 2.20. The fraction of sp³-hybridized carbons (Fsp3) is 0.0189. The lowest BCUT2D eigenvalue weighted by Gasteiger charge is -2.08. The third-order valence-electron chi connectivity index (χ3n) is 10.6. The quantitative estimate of drug-likeness (QED) is 0.0887. The van der Waals surface area contributed by atoms with Crippen molar-refractivity contribution in [2.75, 3.05) is 0 Å². The Morgan fingerprint density at radius 3 is 1.95 bits per heavy atom. The number of allylic oxidation sites excluding steroid dienone is 2. The van der Waals surface area contributed by atoms with Crippen LogP contribution in [0.15, 0.2) is 207 Å². The topological polar surface area (TPSA) is 51.0 Å². The number of furan rings is 2. The number of fused-ring (bicyclic) bond motifs is 6. The van der Waals surface area contributed by atoms with Gasteiger partial charge in [0.15, 0.2) is 5.84 Å². The van der Waals surface area contributed by atoms with Crippen molar-refractivity contribution in [3.8, 4) is 22.3 Å². The molecule has 0 fully saturated rings. The van der Waals surface area contributed by atoms with Gasteiger partial charge >= 0.3 is 0 Å². The second-order valence-corrected chi connectivity index (χ2v) is 14.2. The second-order valence-electron chi connectivity index (χ2n) is 14.2. The summed E-state index contributed by atoms with van der Waals surface area (Å²) in [4.78, 5) is 10.4. The van der Waals surface area contributed by atoms with Crippen molar-refractivity contribution in [1.29, 1.82) is 0 Å². The SMILES string of the molecule is C=C/C=C\c1oc2cccc(-c3cccc4oc5cc6ccccc6cc5c34)c2c1C=NC(=NCc1ccc2ccccc2c1)c1ccc(-c2ccccc2)cc1. The predicted octanol–water partition coefficient (Wildman–Crippen LogP) is 14.2. The molecule has 0 aliphatic rings. The zero-order chi connectivity index (χ0) is 38.1. The Balaban J connectivity index is 1.13. The Morgan fingerprint density at radius 1 is 0.544 bits per heavy atom. The summed E-state index contributed by atoms with van der Waals surface area (Å²) in [5.41, 5.74) is 9.72. The molecule has 2 aromatic heterocycles. The highest BCUT2D eigenvalue weighted by molar-refractivity contribution is 6.20. The molecule has 0 amide bonds. The van der Waals surface area contributed by atoms with Gasteiger partial charge in [0.1, 0.15) is 22.5 Å². The van der Waals surface area contributed by atoms with Gasteiger partial charge < -0.3 is 8.83 Å². The van der Waals surface area contributed by atoms with E-state index in [4.69, 9.17) is 18.8 Å². The van der Waals surface area contributed by atoms with E-state index in [1.54, 1.807) is 6.08 Å². The van der Waals surface area contributed by atoms with E-state index in [1.165, 1.54) is 16.2 Å². The summed E-state index contributed by atoms with van der Waals surface area (Å²) in [6.45, 7) is 4.40. The summed E-state index contributed by atoms with van der Waals surface area (Å²) < 4.78 is 13.1. The number of rotatable bonds is 8. The van der Waals surface area contributed by atoms with Crippen LogP contribution in [0.5, 0.6) is 0 Å². The lowest BCUT2D eigenvalue weighted by atomic mass is 9.94. The molecule has 0 spiro atoms. The van der Waals surface area contributed by atoms with E-state index < -0.39 is 0 Å². The number of hydrogen-bond donors (Lipinski definition) is 0. The maximum atomic E-state index is 6.59. The van der Waals surface area contributed by atoms with Gasteiger partial charge in [0.25, 0.3) is 0 Å². The second kappa shape index (κ2) is 14.6. The summed E-state index contributed by atoms with van der Waals surface area (Å²) in [6.07, 6.45) is 7.49. The maximum absolute atomic E-state index is 6.59. The van der Waals surface area contributed by atoms with Crippen molar-refractivity contribution in [3.05, 3.63) is 211 Å². The first-order valence-corrected chi connectivity index (χ1v) is 19.1. The van der Waals surface area contributed by atoms with Gasteiger partial charge in [-0.25, -0.2) is 4.99 Å². The van der Waals surface area contributed by atoms with Crippen LogP contribution < -0.4 is 0 Å². The average molecular weight is 733 g/mol. The summed E-state index contributed by atoms with van der Waals surface area (Å²) in [6, 6.07) is 59.0. The lowest BCUT2D eigenvalue weighted by molar-refractivity contribution is 0.603. The van der Waals surface area contributed by atoms with Crippen molar-refractivity contribution in [3.63, 3.8) is 0 Å². The minimum Gasteiger partial charge on any atom is -0.456 e. The monoisotopic (exact) mass is 732 g/mol. The van der Waals surface area contributed by atoms with Crippen LogP contribution in [0.25, 0.3) is 82.8 Å². The third kappa shape index (κ3) is 6.43. The van der Waals surface area contributed by atoms with Crippen LogP contribution in [0.4, 0.5) is 0 Å². The lowest BCUT2D eigenvalue weighted by Crippen LogP contribution is -2.00. The van der Waals surface area contributed by atoms with Gasteiger partial charge in [-0.15, -0.1) is 0 Å². The minimum absolute atomic E-state index is 0.475. The fourth-order valence-electron chi connectivity index (χ4n) is 7.84. The molecule has 270 valence electrons. The predicted molar refractivity (Wildman–Crippen MR) is 239 cm³/mol. The molecule has 0 N–H and O–H groups in total. The first-order chi connectivity index (χ1) is 28.2. The number of nitrogens with zero attached hydrogens (tertiary/aromatic N) is 2. The van der Waals surface area contributed by atoms with Crippen LogP contribution in [-0.2, 0) is 6.54 Å². The number of aliphatic imine (C=N–C) groups is 2. The molecule has 0 saturated carbocycles. The van der Waals surface area contributed by atoms with Crippen molar-refractivity contribution in [2.24, 2.45) is 9.98 Å². The van der Waals surface area contributed by atoms with E-state index in [0.29, 0.717) is 18.1 Å². The average Bonchev–Trinajstić information content (AvgIpc) is 3.82. The number of amidine groups is 1. The number of hydrogen-bond acceptors (Lipinski definition) is 3. The normalized spacial score (nSPS) is 12.3. The van der Waals surface area contributed by atoms with Crippen LogP contribution in [-0.4, -0.2) is 12.1 Å². The van der Waals surface area contributed by atoms with E-state index in [0.717, 1.165) is 77.2 Å². The molecule has 0 radical (unpaired) electrons. The molecule has 10 rings (SSSR count). The van der Waals surface area contributed by atoms with Gasteiger partial charge in [0.2, 0.25) is 0 Å². The molecule has 0 aliphatic carbocycles. The Kier molecular flexibility index (Phi) is 8.69. The third-order valence-corrected chi connectivity index (χ3v) is 10.6. The number of benzene rings is 8. The zero-order valence-electron chi connectivity index (χ0n) is 31.1. The molecule has 0 atom stereocenters. The molecule has 0 aliphatic heterocycles. The highest BCUT2D eigenvalue weighted by Crippen LogP contribution is 2.42.